The molecule has 4 rings (SSSR count). The minimum Gasteiger partial charge on any atom is -0.324 e. The molecule has 0 atom stereocenters. The van der Waals surface area contributed by atoms with Crippen molar-refractivity contribution >= 4 is 33.1 Å². The van der Waals surface area contributed by atoms with E-state index in [1.165, 1.54) is 22.2 Å². The highest BCUT2D eigenvalue weighted by Gasteiger charge is 2.15. The lowest BCUT2D eigenvalue weighted by atomic mass is 10.1. The SMILES string of the molecule is CCc1ccccc1NC(=O)Cn1cnc2scc(-c3ccccc3)c2c1=O. The van der Waals surface area contributed by atoms with Gasteiger partial charge in [-0.15, -0.1) is 11.3 Å². The number of hydrogen-bond donors (Lipinski definition) is 1. The Balaban J connectivity index is 1.65. The number of para-hydroxylation sites is 1. The zero-order chi connectivity index (χ0) is 19.5. The zero-order valence-electron chi connectivity index (χ0n) is 15.4. The number of fused-ring (bicyclic) bond motifs is 1. The van der Waals surface area contributed by atoms with Crippen molar-refractivity contribution in [1.82, 2.24) is 9.55 Å². The van der Waals surface area contributed by atoms with Gasteiger partial charge < -0.3 is 5.32 Å². The number of carbonyl (C=O) groups is 1. The van der Waals surface area contributed by atoms with Crippen LogP contribution in [0, 0.1) is 0 Å². The van der Waals surface area contributed by atoms with Crippen molar-refractivity contribution in [2.75, 3.05) is 5.32 Å². The fourth-order valence-electron chi connectivity index (χ4n) is 3.21. The van der Waals surface area contributed by atoms with Crippen LogP contribution in [0.2, 0.25) is 0 Å². The molecule has 2 heterocycles. The molecule has 0 radical (unpaired) electrons. The molecule has 6 heteroatoms. The third kappa shape index (κ3) is 3.46. The Morgan fingerprint density at radius 3 is 2.64 bits per heavy atom. The smallest absolute Gasteiger partial charge is 0.263 e. The van der Waals surface area contributed by atoms with E-state index in [0.29, 0.717) is 10.2 Å². The molecule has 0 fully saturated rings. The number of thiophene rings is 1. The first-order chi connectivity index (χ1) is 13.7. The molecule has 28 heavy (non-hydrogen) atoms. The van der Waals surface area contributed by atoms with Crippen LogP contribution in [-0.4, -0.2) is 15.5 Å². The molecule has 1 amide bonds. The fraction of sp³-hybridized carbons (Fsp3) is 0.136. The lowest BCUT2D eigenvalue weighted by molar-refractivity contribution is -0.116. The second kappa shape index (κ2) is 7.78. The molecular weight excluding hydrogens is 370 g/mol. The summed E-state index contributed by atoms with van der Waals surface area (Å²) in [5.74, 6) is -0.249. The van der Waals surface area contributed by atoms with Crippen LogP contribution >= 0.6 is 11.3 Å². The number of aryl methyl sites for hydroxylation is 1. The molecule has 0 bridgehead atoms. The highest BCUT2D eigenvalue weighted by Crippen LogP contribution is 2.30. The third-order valence-corrected chi connectivity index (χ3v) is 5.52. The maximum absolute atomic E-state index is 13.0. The first-order valence-corrected chi connectivity index (χ1v) is 9.95. The van der Waals surface area contributed by atoms with Crippen molar-refractivity contribution in [1.29, 1.82) is 0 Å². The van der Waals surface area contributed by atoms with Gasteiger partial charge in [0.1, 0.15) is 11.4 Å². The summed E-state index contributed by atoms with van der Waals surface area (Å²) >= 11 is 1.43. The van der Waals surface area contributed by atoms with Crippen LogP contribution in [0.3, 0.4) is 0 Å². The van der Waals surface area contributed by atoms with Crippen LogP contribution in [0.4, 0.5) is 5.69 Å². The third-order valence-electron chi connectivity index (χ3n) is 4.63. The van der Waals surface area contributed by atoms with Crippen molar-refractivity contribution in [2.45, 2.75) is 19.9 Å². The molecule has 2 aromatic carbocycles. The number of carbonyl (C=O) groups excluding carboxylic acids is 1. The molecule has 4 aromatic rings. The summed E-state index contributed by atoms with van der Waals surface area (Å²) in [5, 5.41) is 5.40. The van der Waals surface area contributed by atoms with E-state index in [2.05, 4.69) is 10.3 Å². The van der Waals surface area contributed by atoms with Gasteiger partial charge in [0.2, 0.25) is 5.91 Å². The first-order valence-electron chi connectivity index (χ1n) is 9.07. The van der Waals surface area contributed by atoms with E-state index in [0.717, 1.165) is 28.8 Å². The van der Waals surface area contributed by atoms with Crippen LogP contribution in [0.15, 0.2) is 71.1 Å². The Morgan fingerprint density at radius 1 is 1.11 bits per heavy atom. The van der Waals surface area contributed by atoms with Gasteiger partial charge in [0, 0.05) is 16.6 Å². The number of rotatable bonds is 5. The predicted octanol–water partition coefficient (Wildman–Crippen LogP) is 4.33. The number of anilines is 1. The van der Waals surface area contributed by atoms with Crippen LogP contribution in [0.1, 0.15) is 12.5 Å². The highest BCUT2D eigenvalue weighted by atomic mass is 32.1. The van der Waals surface area contributed by atoms with E-state index in [1.807, 2.05) is 66.9 Å². The van der Waals surface area contributed by atoms with Gasteiger partial charge in [-0.25, -0.2) is 4.98 Å². The summed E-state index contributed by atoms with van der Waals surface area (Å²) in [4.78, 5) is 30.6. The number of nitrogens with zero attached hydrogens (tertiary/aromatic N) is 2. The van der Waals surface area contributed by atoms with Gasteiger partial charge in [0.25, 0.3) is 5.56 Å². The molecule has 0 aliphatic heterocycles. The monoisotopic (exact) mass is 389 g/mol. The summed E-state index contributed by atoms with van der Waals surface area (Å²) in [6, 6.07) is 17.4. The molecule has 0 saturated carbocycles. The number of hydrogen-bond acceptors (Lipinski definition) is 4. The van der Waals surface area contributed by atoms with Gasteiger partial charge in [-0.05, 0) is 23.6 Å². The van der Waals surface area contributed by atoms with Crippen LogP contribution in [0.25, 0.3) is 21.3 Å². The molecule has 0 spiro atoms. The molecule has 0 aliphatic carbocycles. The number of aromatic nitrogens is 2. The highest BCUT2D eigenvalue weighted by molar-refractivity contribution is 7.17. The number of nitrogens with one attached hydrogen (secondary N) is 1. The Labute approximate surface area is 166 Å². The Kier molecular flexibility index (Phi) is 5.04. The van der Waals surface area contributed by atoms with Gasteiger partial charge in [-0.3, -0.25) is 14.2 Å². The minimum absolute atomic E-state index is 0.0795. The zero-order valence-corrected chi connectivity index (χ0v) is 16.2. The number of benzene rings is 2. The topological polar surface area (TPSA) is 64.0 Å². The molecular formula is C22H19N3O2S. The van der Waals surface area contributed by atoms with Crippen LogP contribution in [-0.2, 0) is 17.8 Å². The second-order valence-corrected chi connectivity index (χ2v) is 7.29. The van der Waals surface area contributed by atoms with E-state index in [9.17, 15) is 9.59 Å². The van der Waals surface area contributed by atoms with E-state index >= 15 is 0 Å². The van der Waals surface area contributed by atoms with Crippen molar-refractivity contribution in [2.24, 2.45) is 0 Å². The van der Waals surface area contributed by atoms with E-state index < -0.39 is 0 Å². The normalized spacial score (nSPS) is 10.9. The fourth-order valence-corrected chi connectivity index (χ4v) is 4.11. The van der Waals surface area contributed by atoms with Crippen molar-refractivity contribution in [3.05, 3.63) is 82.2 Å². The molecule has 0 aliphatic rings. The molecule has 2 aromatic heterocycles. The quantitative estimate of drug-likeness (QED) is 0.553. The van der Waals surface area contributed by atoms with Gasteiger partial charge in [0.05, 0.1) is 11.7 Å². The predicted molar refractivity (Wildman–Crippen MR) is 114 cm³/mol. The van der Waals surface area contributed by atoms with Crippen molar-refractivity contribution in [3.8, 4) is 11.1 Å². The lowest BCUT2D eigenvalue weighted by Crippen LogP contribution is -2.28. The second-order valence-electron chi connectivity index (χ2n) is 6.43. The average Bonchev–Trinajstić information content (AvgIpc) is 3.16. The molecule has 5 nitrogen and oxygen atoms in total. The van der Waals surface area contributed by atoms with Gasteiger partial charge >= 0.3 is 0 Å². The summed E-state index contributed by atoms with van der Waals surface area (Å²) in [6.07, 6.45) is 2.26. The van der Waals surface area contributed by atoms with Crippen molar-refractivity contribution < 1.29 is 4.79 Å². The summed E-state index contributed by atoms with van der Waals surface area (Å²) in [6.45, 7) is 1.96. The first kappa shape index (κ1) is 18.1. The maximum atomic E-state index is 13.0. The molecule has 0 unspecified atom stereocenters. The van der Waals surface area contributed by atoms with E-state index in [-0.39, 0.29) is 18.0 Å². The summed E-state index contributed by atoms with van der Waals surface area (Å²) in [5.41, 5.74) is 3.44. The maximum Gasteiger partial charge on any atom is 0.263 e. The average molecular weight is 389 g/mol. The lowest BCUT2D eigenvalue weighted by Gasteiger charge is -2.10. The molecule has 1 N–H and O–H groups in total. The molecule has 0 saturated heterocycles. The van der Waals surface area contributed by atoms with E-state index in [4.69, 9.17) is 0 Å². The minimum atomic E-state index is -0.249. The van der Waals surface area contributed by atoms with Crippen molar-refractivity contribution in [3.63, 3.8) is 0 Å². The Bertz CT molecular complexity index is 1200. The van der Waals surface area contributed by atoms with Gasteiger partial charge in [0.15, 0.2) is 0 Å². The summed E-state index contributed by atoms with van der Waals surface area (Å²) < 4.78 is 1.37. The van der Waals surface area contributed by atoms with Gasteiger partial charge in [-0.2, -0.15) is 0 Å². The Hall–Kier alpha value is -3.25. The van der Waals surface area contributed by atoms with Gasteiger partial charge in [-0.1, -0.05) is 55.5 Å². The summed E-state index contributed by atoms with van der Waals surface area (Å²) in [7, 11) is 0. The van der Waals surface area contributed by atoms with Crippen LogP contribution in [0.5, 0.6) is 0 Å². The Morgan fingerprint density at radius 2 is 1.86 bits per heavy atom. The molecule has 140 valence electrons. The van der Waals surface area contributed by atoms with Crippen LogP contribution < -0.4 is 10.9 Å². The number of amides is 1. The standard InChI is InChI=1S/C22H19N3O2S/c1-2-15-8-6-7-11-18(15)24-19(26)12-25-14-23-21-20(22(25)27)17(13-28-21)16-9-4-3-5-10-16/h3-11,13-14H,2,12H2,1H3,(H,24,26). The van der Waals surface area contributed by atoms with E-state index in [1.54, 1.807) is 0 Å². The largest absolute Gasteiger partial charge is 0.324 e.